The largest absolute Gasteiger partial charge is 0.467 e. The van der Waals surface area contributed by atoms with E-state index in [1.807, 2.05) is 0 Å². The Morgan fingerprint density at radius 1 is 0.576 bits per heavy atom. The molecule has 0 amide bonds. The predicted molar refractivity (Wildman–Crippen MR) is 134 cm³/mol. The number of methoxy groups -OCH3 is 1. The highest BCUT2D eigenvalue weighted by atomic mass is 16.5. The number of aliphatic hydroxyl groups excluding tert-OH is 4. The monoisotopic (exact) mass is 474 g/mol. The topological polar surface area (TPSA) is 107 Å². The van der Waals surface area contributed by atoms with Crippen molar-refractivity contribution in [1.29, 1.82) is 0 Å². The van der Waals surface area contributed by atoms with Gasteiger partial charge in [0.1, 0.15) is 0 Å². The number of carbonyl (C=O) groups is 1. The zero-order chi connectivity index (χ0) is 24.7. The summed E-state index contributed by atoms with van der Waals surface area (Å²) in [6.07, 6.45) is 17.5. The summed E-state index contributed by atoms with van der Waals surface area (Å²) in [6, 6.07) is 0. The van der Waals surface area contributed by atoms with Crippen LogP contribution in [0.5, 0.6) is 0 Å². The van der Waals surface area contributed by atoms with Crippen LogP contribution in [0.2, 0.25) is 0 Å². The lowest BCUT2D eigenvalue weighted by Crippen LogP contribution is -2.26. The van der Waals surface area contributed by atoms with Gasteiger partial charge in [-0.05, 0) is 38.5 Å². The second-order valence-electron chi connectivity index (χ2n) is 9.72. The van der Waals surface area contributed by atoms with E-state index in [4.69, 9.17) is 0 Å². The smallest absolute Gasteiger partial charge is 0.334 e. The SMILES string of the molecule is CCCC[C@@H](O)CCC[C@H](O)[C@H](O)CCCCCCCCCCCCCC[C@H](O)C(=O)OC. The van der Waals surface area contributed by atoms with Crippen molar-refractivity contribution in [2.45, 2.75) is 160 Å². The number of hydrogen-bond acceptors (Lipinski definition) is 6. The van der Waals surface area contributed by atoms with Crippen LogP contribution in [0.25, 0.3) is 0 Å². The number of ether oxygens (including phenoxy) is 1. The number of carbonyl (C=O) groups excluding carboxylic acids is 1. The Balaban J connectivity index is 3.39. The quantitative estimate of drug-likeness (QED) is 0.110. The molecule has 0 heterocycles. The average Bonchev–Trinajstić information content (AvgIpc) is 2.81. The summed E-state index contributed by atoms with van der Waals surface area (Å²) in [5.41, 5.74) is 0. The van der Waals surface area contributed by atoms with Crippen molar-refractivity contribution in [1.82, 2.24) is 0 Å². The minimum atomic E-state index is -0.969. The highest BCUT2D eigenvalue weighted by molar-refractivity contribution is 5.74. The first-order valence-corrected chi connectivity index (χ1v) is 13.7. The number of rotatable bonds is 24. The van der Waals surface area contributed by atoms with Crippen molar-refractivity contribution in [2.75, 3.05) is 7.11 Å². The van der Waals surface area contributed by atoms with Crippen LogP contribution < -0.4 is 0 Å². The Morgan fingerprint density at radius 2 is 0.970 bits per heavy atom. The van der Waals surface area contributed by atoms with Gasteiger partial charge in [0.25, 0.3) is 0 Å². The lowest BCUT2D eigenvalue weighted by molar-refractivity contribution is -0.150. The highest BCUT2D eigenvalue weighted by Crippen LogP contribution is 2.16. The lowest BCUT2D eigenvalue weighted by atomic mass is 9.98. The van der Waals surface area contributed by atoms with Gasteiger partial charge in [-0.1, -0.05) is 96.8 Å². The molecule has 33 heavy (non-hydrogen) atoms. The van der Waals surface area contributed by atoms with Crippen LogP contribution in [0.3, 0.4) is 0 Å². The van der Waals surface area contributed by atoms with Crippen molar-refractivity contribution in [2.24, 2.45) is 0 Å². The zero-order valence-electron chi connectivity index (χ0n) is 21.6. The lowest BCUT2D eigenvalue weighted by Gasteiger charge is -2.18. The van der Waals surface area contributed by atoms with E-state index in [0.29, 0.717) is 25.7 Å². The molecule has 0 unspecified atom stereocenters. The van der Waals surface area contributed by atoms with E-state index in [-0.39, 0.29) is 6.10 Å². The van der Waals surface area contributed by atoms with E-state index in [9.17, 15) is 25.2 Å². The molecule has 0 bridgehead atoms. The number of esters is 1. The van der Waals surface area contributed by atoms with E-state index in [1.165, 1.54) is 52.1 Å². The molecule has 0 radical (unpaired) electrons. The van der Waals surface area contributed by atoms with Crippen LogP contribution in [0.4, 0.5) is 0 Å². The van der Waals surface area contributed by atoms with Crippen LogP contribution >= 0.6 is 0 Å². The summed E-state index contributed by atoms with van der Waals surface area (Å²) >= 11 is 0. The summed E-state index contributed by atoms with van der Waals surface area (Å²) in [7, 11) is 1.30. The Bertz CT molecular complexity index is 431. The van der Waals surface area contributed by atoms with Gasteiger partial charge < -0.3 is 25.2 Å². The second kappa shape index (κ2) is 23.1. The first-order chi connectivity index (χ1) is 15.9. The molecule has 0 aromatic rings. The molecule has 4 N–H and O–H groups in total. The maximum Gasteiger partial charge on any atom is 0.334 e. The van der Waals surface area contributed by atoms with E-state index in [0.717, 1.165) is 57.8 Å². The molecule has 0 saturated carbocycles. The van der Waals surface area contributed by atoms with Crippen LogP contribution in [0, 0.1) is 0 Å². The van der Waals surface area contributed by atoms with Crippen molar-refractivity contribution in [3.63, 3.8) is 0 Å². The molecule has 0 rings (SSSR count). The van der Waals surface area contributed by atoms with Gasteiger partial charge in [0.2, 0.25) is 0 Å². The van der Waals surface area contributed by atoms with Gasteiger partial charge in [0.05, 0.1) is 25.4 Å². The molecule has 0 aliphatic heterocycles. The molecule has 4 atom stereocenters. The van der Waals surface area contributed by atoms with Crippen molar-refractivity contribution in [3.8, 4) is 0 Å². The number of aliphatic hydroxyl groups is 4. The van der Waals surface area contributed by atoms with Crippen LogP contribution in [-0.2, 0) is 9.53 Å². The summed E-state index contributed by atoms with van der Waals surface area (Å²) in [5, 5.41) is 39.6. The molecule has 0 fully saturated rings. The average molecular weight is 475 g/mol. The highest BCUT2D eigenvalue weighted by Gasteiger charge is 2.16. The zero-order valence-corrected chi connectivity index (χ0v) is 21.6. The fourth-order valence-corrected chi connectivity index (χ4v) is 4.24. The summed E-state index contributed by atoms with van der Waals surface area (Å²) in [4.78, 5) is 11.1. The molecule has 0 aromatic heterocycles. The Morgan fingerprint density at radius 3 is 1.42 bits per heavy atom. The van der Waals surface area contributed by atoms with Gasteiger partial charge in [0, 0.05) is 0 Å². The standard InChI is InChI=1S/C27H54O6/c1-3-4-18-23(28)19-17-22-25(30)24(29)20-15-13-11-9-7-5-6-8-10-12-14-16-21-26(31)27(32)33-2/h23-26,28-31H,3-22H2,1-2H3/t23-,24-,25+,26+/m1/s1. The molecule has 0 saturated heterocycles. The molecule has 6 heteroatoms. The fraction of sp³-hybridized carbons (Fsp3) is 0.963. The van der Waals surface area contributed by atoms with Gasteiger partial charge in [-0.25, -0.2) is 4.79 Å². The third-order valence-corrected chi connectivity index (χ3v) is 6.57. The van der Waals surface area contributed by atoms with Gasteiger partial charge in [-0.2, -0.15) is 0 Å². The molecule has 0 aromatic carbocycles. The summed E-state index contributed by atoms with van der Waals surface area (Å²) in [5.74, 6) is -0.534. The van der Waals surface area contributed by atoms with E-state index in [2.05, 4.69) is 11.7 Å². The van der Waals surface area contributed by atoms with Gasteiger partial charge in [-0.15, -0.1) is 0 Å². The predicted octanol–water partition coefficient (Wildman–Crippen LogP) is 5.42. The van der Waals surface area contributed by atoms with Crippen molar-refractivity contribution >= 4 is 5.97 Å². The van der Waals surface area contributed by atoms with E-state index >= 15 is 0 Å². The fourth-order valence-electron chi connectivity index (χ4n) is 4.24. The minimum absolute atomic E-state index is 0.270. The number of hydrogen-bond donors (Lipinski definition) is 4. The molecule has 0 spiro atoms. The first-order valence-electron chi connectivity index (χ1n) is 13.7. The van der Waals surface area contributed by atoms with Crippen molar-refractivity contribution in [3.05, 3.63) is 0 Å². The third kappa shape index (κ3) is 20.4. The first kappa shape index (κ1) is 32.3. The number of unbranched alkanes of at least 4 members (excludes halogenated alkanes) is 12. The van der Waals surface area contributed by atoms with Crippen LogP contribution in [0.1, 0.15) is 135 Å². The normalized spacial score (nSPS) is 15.2. The molecule has 198 valence electrons. The summed E-state index contributed by atoms with van der Waals surface area (Å²) < 4.78 is 4.51. The molecule has 0 aliphatic carbocycles. The van der Waals surface area contributed by atoms with Gasteiger partial charge >= 0.3 is 5.97 Å². The second-order valence-corrected chi connectivity index (χ2v) is 9.72. The third-order valence-electron chi connectivity index (χ3n) is 6.57. The maximum atomic E-state index is 11.1. The summed E-state index contributed by atoms with van der Waals surface area (Å²) in [6.45, 7) is 2.12. The maximum absolute atomic E-state index is 11.1. The Labute approximate surface area is 203 Å². The Hall–Kier alpha value is -0.690. The molecular formula is C27H54O6. The molecule has 6 nitrogen and oxygen atoms in total. The minimum Gasteiger partial charge on any atom is -0.467 e. The van der Waals surface area contributed by atoms with Crippen LogP contribution in [0.15, 0.2) is 0 Å². The van der Waals surface area contributed by atoms with Gasteiger partial charge in [-0.3, -0.25) is 0 Å². The Kier molecular flexibility index (Phi) is 22.6. The van der Waals surface area contributed by atoms with E-state index < -0.39 is 24.3 Å². The molecular weight excluding hydrogens is 420 g/mol. The molecule has 0 aliphatic rings. The van der Waals surface area contributed by atoms with Crippen molar-refractivity contribution < 1.29 is 30.0 Å². The van der Waals surface area contributed by atoms with E-state index in [1.54, 1.807) is 0 Å². The van der Waals surface area contributed by atoms with Gasteiger partial charge in [0.15, 0.2) is 6.10 Å². The van der Waals surface area contributed by atoms with Crippen LogP contribution in [-0.4, -0.2) is 57.9 Å².